The predicted molar refractivity (Wildman–Crippen MR) is 118 cm³/mol. The number of rotatable bonds is 11. The molecule has 0 aliphatic carbocycles. The maximum Gasteiger partial charge on any atom is 0.411 e. The van der Waals surface area contributed by atoms with Gasteiger partial charge < -0.3 is 14.4 Å². The minimum atomic E-state index is -0.409. The molecule has 0 spiro atoms. The van der Waals surface area contributed by atoms with Crippen molar-refractivity contribution >= 4 is 24.2 Å². The molecule has 0 unspecified atom stereocenters. The highest BCUT2D eigenvalue weighted by Crippen LogP contribution is 2.24. The van der Waals surface area contributed by atoms with Gasteiger partial charge >= 0.3 is 6.09 Å². The van der Waals surface area contributed by atoms with E-state index >= 15 is 0 Å². The Bertz CT molecular complexity index is 534. The Morgan fingerprint density at radius 1 is 1.00 bits per heavy atom. The van der Waals surface area contributed by atoms with E-state index in [-0.39, 0.29) is 12.4 Å². The first-order chi connectivity index (χ1) is 13.3. The molecule has 2 rings (SSSR count). The van der Waals surface area contributed by atoms with Gasteiger partial charge in [-0.05, 0) is 50.9 Å². The van der Waals surface area contributed by atoms with E-state index in [4.69, 9.17) is 9.47 Å². The molecule has 5 nitrogen and oxygen atoms in total. The molecule has 0 aromatic heterocycles. The van der Waals surface area contributed by atoms with Crippen LogP contribution < -0.4 is 10.1 Å². The molecule has 6 heteroatoms. The number of anilines is 1. The van der Waals surface area contributed by atoms with Gasteiger partial charge in [0, 0.05) is 6.54 Å². The number of hydrogen-bond donors (Lipinski definition) is 1. The van der Waals surface area contributed by atoms with E-state index in [9.17, 15) is 4.79 Å². The summed E-state index contributed by atoms with van der Waals surface area (Å²) in [5.41, 5.74) is 0.672. The van der Waals surface area contributed by atoms with Crippen molar-refractivity contribution in [3.05, 3.63) is 24.3 Å². The molecule has 1 heterocycles. The average Bonchev–Trinajstić information content (AvgIpc) is 2.95. The predicted octanol–water partition coefficient (Wildman–Crippen LogP) is 5.88. The van der Waals surface area contributed by atoms with Crippen LogP contribution in [-0.4, -0.2) is 43.8 Å². The number of carbonyl (C=O) groups excluding carboxylic acids is 1. The van der Waals surface area contributed by atoms with Crippen molar-refractivity contribution in [2.45, 2.75) is 64.7 Å². The second-order valence-electron chi connectivity index (χ2n) is 7.28. The molecule has 1 aliphatic heterocycles. The standard InChI is InChI=1S/C22H36N2O3.ClH/c1-2-3-4-11-18-26-21-14-8-7-13-20(21)23-22(25)27-19-12-17-24-15-9-5-6-10-16-24;/h7-8,13-14H,2-6,9-12,15-19H2,1H3,(H,23,25);1H. The van der Waals surface area contributed by atoms with Gasteiger partial charge in [-0.2, -0.15) is 0 Å². The number of ether oxygens (including phenoxy) is 2. The lowest BCUT2D eigenvalue weighted by Crippen LogP contribution is -2.27. The number of nitrogens with one attached hydrogen (secondary N) is 1. The molecule has 1 aliphatic rings. The third kappa shape index (κ3) is 10.2. The van der Waals surface area contributed by atoms with Crippen LogP contribution in [0.3, 0.4) is 0 Å². The lowest BCUT2D eigenvalue weighted by atomic mass is 10.2. The number of likely N-dealkylation sites (tertiary alicyclic amines) is 1. The van der Waals surface area contributed by atoms with Gasteiger partial charge in [0.25, 0.3) is 0 Å². The van der Waals surface area contributed by atoms with Gasteiger partial charge in [0.15, 0.2) is 0 Å². The third-order valence-electron chi connectivity index (χ3n) is 4.93. The van der Waals surface area contributed by atoms with Crippen molar-refractivity contribution in [3.63, 3.8) is 0 Å². The smallest absolute Gasteiger partial charge is 0.411 e. The first-order valence-electron chi connectivity index (χ1n) is 10.7. The average molecular weight is 413 g/mol. The zero-order valence-electron chi connectivity index (χ0n) is 17.3. The minimum Gasteiger partial charge on any atom is -0.491 e. The van der Waals surface area contributed by atoms with Crippen LogP contribution in [0.2, 0.25) is 0 Å². The molecular weight excluding hydrogens is 376 g/mol. The van der Waals surface area contributed by atoms with Crippen LogP contribution in [0.15, 0.2) is 24.3 Å². The molecule has 1 fully saturated rings. The van der Waals surface area contributed by atoms with Crippen LogP contribution in [0.25, 0.3) is 0 Å². The SMILES string of the molecule is CCCCCCOc1ccccc1NC(=O)OCCCN1CCCCCC1.Cl. The van der Waals surface area contributed by atoms with Crippen LogP contribution in [0.5, 0.6) is 5.75 Å². The van der Waals surface area contributed by atoms with Gasteiger partial charge in [-0.1, -0.05) is 51.2 Å². The number of carbonyl (C=O) groups is 1. The monoisotopic (exact) mass is 412 g/mol. The second-order valence-corrected chi connectivity index (χ2v) is 7.28. The van der Waals surface area contributed by atoms with Gasteiger partial charge in [0.05, 0.1) is 18.9 Å². The Kier molecular flexibility index (Phi) is 13.6. The third-order valence-corrected chi connectivity index (χ3v) is 4.93. The molecule has 160 valence electrons. The van der Waals surface area contributed by atoms with Crippen LogP contribution in [0, 0.1) is 0 Å². The van der Waals surface area contributed by atoms with Crippen molar-refractivity contribution in [1.82, 2.24) is 4.90 Å². The summed E-state index contributed by atoms with van der Waals surface area (Å²) >= 11 is 0. The van der Waals surface area contributed by atoms with Crippen LogP contribution in [-0.2, 0) is 4.74 Å². The van der Waals surface area contributed by atoms with Crippen molar-refractivity contribution in [2.75, 3.05) is 38.2 Å². The highest BCUT2D eigenvalue weighted by molar-refractivity contribution is 5.86. The molecule has 0 radical (unpaired) electrons. The topological polar surface area (TPSA) is 50.8 Å². The first-order valence-corrected chi connectivity index (χ1v) is 10.7. The van der Waals surface area contributed by atoms with Crippen molar-refractivity contribution < 1.29 is 14.3 Å². The summed E-state index contributed by atoms with van der Waals surface area (Å²) in [6.07, 6.45) is 10.4. The Morgan fingerprint density at radius 2 is 1.75 bits per heavy atom. The number of nitrogens with zero attached hydrogens (tertiary/aromatic N) is 1. The summed E-state index contributed by atoms with van der Waals surface area (Å²) in [5, 5.41) is 2.81. The van der Waals surface area contributed by atoms with E-state index in [0.717, 1.165) is 19.4 Å². The maximum absolute atomic E-state index is 12.1. The van der Waals surface area contributed by atoms with E-state index in [2.05, 4.69) is 17.1 Å². The Morgan fingerprint density at radius 3 is 2.50 bits per heavy atom. The van der Waals surface area contributed by atoms with E-state index in [1.165, 1.54) is 58.0 Å². The van der Waals surface area contributed by atoms with E-state index in [1.807, 2.05) is 24.3 Å². The zero-order valence-corrected chi connectivity index (χ0v) is 18.1. The quantitative estimate of drug-likeness (QED) is 0.461. The summed E-state index contributed by atoms with van der Waals surface area (Å²) in [4.78, 5) is 14.6. The van der Waals surface area contributed by atoms with Gasteiger partial charge in [0.2, 0.25) is 0 Å². The first kappa shape index (κ1) is 24.6. The second kappa shape index (κ2) is 15.5. The Hall–Kier alpha value is -1.46. The number of amides is 1. The van der Waals surface area contributed by atoms with Gasteiger partial charge in [-0.3, -0.25) is 5.32 Å². The van der Waals surface area contributed by atoms with Crippen LogP contribution in [0.4, 0.5) is 10.5 Å². The Labute approximate surface area is 176 Å². The molecule has 1 N–H and O–H groups in total. The van der Waals surface area contributed by atoms with Crippen molar-refractivity contribution in [2.24, 2.45) is 0 Å². The van der Waals surface area contributed by atoms with E-state index in [1.54, 1.807) is 0 Å². The van der Waals surface area contributed by atoms with E-state index in [0.29, 0.717) is 24.7 Å². The Balaban J connectivity index is 0.00000392. The number of para-hydroxylation sites is 2. The molecule has 0 bridgehead atoms. The summed E-state index contributed by atoms with van der Waals surface area (Å²) in [5.74, 6) is 0.704. The molecule has 1 saturated heterocycles. The van der Waals surface area contributed by atoms with Gasteiger partial charge in [-0.15, -0.1) is 12.4 Å². The largest absolute Gasteiger partial charge is 0.491 e. The number of unbranched alkanes of at least 4 members (excludes halogenated alkanes) is 3. The number of benzene rings is 1. The summed E-state index contributed by atoms with van der Waals surface area (Å²) in [7, 11) is 0. The molecule has 1 amide bonds. The lowest BCUT2D eigenvalue weighted by molar-refractivity contribution is 0.152. The highest BCUT2D eigenvalue weighted by Gasteiger charge is 2.10. The maximum atomic E-state index is 12.1. The fourth-order valence-electron chi connectivity index (χ4n) is 3.37. The minimum absolute atomic E-state index is 0. The van der Waals surface area contributed by atoms with Crippen LogP contribution >= 0.6 is 12.4 Å². The fraction of sp³-hybridized carbons (Fsp3) is 0.682. The van der Waals surface area contributed by atoms with Crippen molar-refractivity contribution in [1.29, 1.82) is 0 Å². The number of halogens is 1. The summed E-state index contributed by atoms with van der Waals surface area (Å²) in [6.45, 7) is 6.67. The zero-order chi connectivity index (χ0) is 19.2. The molecule has 1 aromatic rings. The normalized spacial score (nSPS) is 14.6. The molecule has 28 heavy (non-hydrogen) atoms. The molecule has 1 aromatic carbocycles. The number of hydrogen-bond acceptors (Lipinski definition) is 4. The lowest BCUT2D eigenvalue weighted by Gasteiger charge is -2.19. The molecule has 0 saturated carbocycles. The molecular formula is C22H37ClN2O3. The van der Waals surface area contributed by atoms with Gasteiger partial charge in [-0.25, -0.2) is 4.79 Å². The summed E-state index contributed by atoms with van der Waals surface area (Å²) in [6, 6.07) is 7.53. The highest BCUT2D eigenvalue weighted by atomic mass is 35.5. The van der Waals surface area contributed by atoms with Crippen LogP contribution in [0.1, 0.15) is 64.7 Å². The van der Waals surface area contributed by atoms with E-state index < -0.39 is 6.09 Å². The fourth-order valence-corrected chi connectivity index (χ4v) is 3.37. The van der Waals surface area contributed by atoms with Crippen molar-refractivity contribution in [3.8, 4) is 5.75 Å². The molecule has 0 atom stereocenters. The summed E-state index contributed by atoms with van der Waals surface area (Å²) < 4.78 is 11.2. The van der Waals surface area contributed by atoms with Gasteiger partial charge in [0.1, 0.15) is 5.75 Å².